The molecule has 0 fully saturated rings. The van der Waals surface area contributed by atoms with Crippen molar-refractivity contribution in [3.63, 3.8) is 0 Å². The van der Waals surface area contributed by atoms with E-state index >= 15 is 0 Å². The Kier molecular flexibility index (Phi) is 9.25. The summed E-state index contributed by atoms with van der Waals surface area (Å²) in [6, 6.07) is 42.1. The molecule has 3 radical (unpaired) electrons. The van der Waals surface area contributed by atoms with E-state index in [4.69, 9.17) is 0 Å². The average molecular weight is 674 g/mol. The van der Waals surface area contributed by atoms with Crippen molar-refractivity contribution < 1.29 is 39.3 Å². The van der Waals surface area contributed by atoms with E-state index in [1.807, 2.05) is 121 Å². The minimum Gasteiger partial charge on any atom is -0.872 e. The van der Waals surface area contributed by atoms with Gasteiger partial charge in [0, 0.05) is 36.5 Å². The fourth-order valence-electron chi connectivity index (χ4n) is 6.98. The molecule has 0 aliphatic carbocycles. The van der Waals surface area contributed by atoms with Crippen molar-refractivity contribution >= 4 is 62.9 Å². The van der Waals surface area contributed by atoms with E-state index in [1.54, 1.807) is 12.1 Å². The van der Waals surface area contributed by atoms with Gasteiger partial charge in [-0.2, -0.15) is 0 Å². The molecule has 0 unspecified atom stereocenters. The minimum absolute atomic E-state index is 0. The summed E-state index contributed by atoms with van der Waals surface area (Å²) < 4.78 is 0. The van der Waals surface area contributed by atoms with Crippen molar-refractivity contribution in [1.29, 1.82) is 0 Å². The first-order valence-corrected chi connectivity index (χ1v) is 15.4. The van der Waals surface area contributed by atoms with E-state index in [0.29, 0.717) is 46.2 Å². The Morgan fingerprint density at radius 1 is 0.417 bits per heavy atom. The van der Waals surface area contributed by atoms with Gasteiger partial charge in [0.05, 0.1) is 0 Å². The first kappa shape index (κ1) is 33.1. The van der Waals surface area contributed by atoms with Crippen molar-refractivity contribution in [1.82, 2.24) is 0 Å². The maximum Gasteiger partial charge on any atom is 1.00 e. The van der Waals surface area contributed by atoms with Crippen LogP contribution in [0.4, 0.5) is 0 Å². The van der Waals surface area contributed by atoms with Crippen LogP contribution in [0.25, 0.3) is 65.3 Å². The Hall–Kier alpha value is -4.77. The van der Waals surface area contributed by atoms with E-state index in [9.17, 15) is 20.4 Å². The van der Waals surface area contributed by atoms with Crippen LogP contribution >= 0.6 is 0 Å². The number of aryl methyl sites for hydroxylation is 2. The van der Waals surface area contributed by atoms with Crippen LogP contribution < -0.4 is 24.0 Å². The van der Waals surface area contributed by atoms with Crippen molar-refractivity contribution in [3.8, 4) is 45.3 Å². The van der Waals surface area contributed by atoms with Gasteiger partial charge < -0.3 is 20.4 Å². The van der Waals surface area contributed by atoms with E-state index in [0.717, 1.165) is 43.1 Å². The summed E-state index contributed by atoms with van der Waals surface area (Å²) in [6.07, 6.45) is 0.829. The summed E-state index contributed by atoms with van der Waals surface area (Å²) in [7, 11) is 0. The molecular formula is C42H29GaLiO4. The zero-order valence-electron chi connectivity index (χ0n) is 26.4. The van der Waals surface area contributed by atoms with Crippen molar-refractivity contribution in [2.45, 2.75) is 12.8 Å². The monoisotopic (exact) mass is 673 g/mol. The van der Waals surface area contributed by atoms with Crippen molar-refractivity contribution in [3.05, 3.63) is 145 Å². The largest absolute Gasteiger partial charge is 1.00 e. The molecule has 0 heterocycles. The molecule has 0 amide bonds. The first-order chi connectivity index (χ1) is 22.5. The molecule has 0 atom stereocenters. The summed E-state index contributed by atoms with van der Waals surface area (Å²) in [5.41, 5.74) is 3.56. The molecule has 0 aliphatic heterocycles. The molecule has 6 heteroatoms. The topological polar surface area (TPSA) is 83.8 Å². The maximum atomic E-state index is 13.4. The molecule has 0 bridgehead atoms. The molecule has 0 saturated carbocycles. The zero-order valence-corrected chi connectivity index (χ0v) is 28.9. The molecule has 225 valence electrons. The standard InChI is InChI=1S/C42H30O4.Ga.Li/c43-35-21-19-25-9-1-5-13-31(25)37(35)39-33-15-7-3-11-27(33)23-29(41(39)45)17-18-30-24-28-12-4-8-16-34(28)40(42(30)46)38-32-14-6-2-10-26(32)20-22-36(38)44;;/h1-16,19-24,43-46H,17-18H2;;/q;;+1/p-1. The SMILES string of the molecule is [Ga].[Li+].[O-]c1ccc2ccccc2c1-c1c(O)c(CCc2cc3ccccc3c(-c3c(O)ccc4ccccc34)c2O)cc2ccccc12. The van der Waals surface area contributed by atoms with E-state index in [-0.39, 0.29) is 61.6 Å². The first-order valence-electron chi connectivity index (χ1n) is 15.4. The number of aromatic hydroxyl groups is 3. The van der Waals surface area contributed by atoms with Gasteiger partial charge in [-0.05, 0) is 90.8 Å². The molecule has 8 aromatic rings. The van der Waals surface area contributed by atoms with Gasteiger partial charge in [0.1, 0.15) is 17.2 Å². The number of rotatable bonds is 5. The third-order valence-corrected chi connectivity index (χ3v) is 9.16. The number of phenols is 3. The smallest absolute Gasteiger partial charge is 0.872 e. The van der Waals surface area contributed by atoms with Gasteiger partial charge in [-0.1, -0.05) is 115 Å². The second-order valence-electron chi connectivity index (χ2n) is 11.8. The molecule has 8 rings (SSSR count). The van der Waals surface area contributed by atoms with Crippen LogP contribution in [-0.2, 0) is 12.8 Å². The molecular weight excluding hydrogens is 645 g/mol. The van der Waals surface area contributed by atoms with Gasteiger partial charge >= 0.3 is 18.9 Å². The Bertz CT molecular complexity index is 2320. The van der Waals surface area contributed by atoms with E-state index in [1.165, 1.54) is 0 Å². The third kappa shape index (κ3) is 5.49. The van der Waals surface area contributed by atoms with Crippen LogP contribution in [0.1, 0.15) is 11.1 Å². The van der Waals surface area contributed by atoms with Crippen LogP contribution in [0.2, 0.25) is 0 Å². The summed E-state index contributed by atoms with van der Waals surface area (Å²) in [5, 5.41) is 55.4. The van der Waals surface area contributed by atoms with Crippen LogP contribution in [0.5, 0.6) is 23.0 Å². The predicted octanol–water partition coefficient (Wildman–Crippen LogP) is 6.23. The molecule has 8 aromatic carbocycles. The summed E-state index contributed by atoms with van der Waals surface area (Å²) >= 11 is 0. The second-order valence-corrected chi connectivity index (χ2v) is 11.8. The van der Waals surface area contributed by atoms with Crippen LogP contribution in [0.15, 0.2) is 133 Å². The predicted molar refractivity (Wildman–Crippen MR) is 191 cm³/mol. The number of benzene rings is 8. The maximum absolute atomic E-state index is 13.4. The third-order valence-electron chi connectivity index (χ3n) is 9.16. The van der Waals surface area contributed by atoms with Gasteiger partial charge in [0.15, 0.2) is 0 Å². The number of phenolic OH excluding ortho intramolecular Hbond substituents is 3. The van der Waals surface area contributed by atoms with Crippen molar-refractivity contribution in [2.75, 3.05) is 0 Å². The number of fused-ring (bicyclic) bond motifs is 4. The Morgan fingerprint density at radius 2 is 0.792 bits per heavy atom. The number of hydrogen-bond donors (Lipinski definition) is 3. The molecule has 0 aromatic heterocycles. The normalized spacial score (nSPS) is 11.1. The van der Waals surface area contributed by atoms with E-state index < -0.39 is 0 Å². The molecule has 48 heavy (non-hydrogen) atoms. The van der Waals surface area contributed by atoms with Crippen LogP contribution in [-0.4, -0.2) is 35.1 Å². The minimum atomic E-state index is -0.150. The van der Waals surface area contributed by atoms with E-state index in [2.05, 4.69) is 0 Å². The van der Waals surface area contributed by atoms with Crippen molar-refractivity contribution in [2.24, 2.45) is 0 Å². The summed E-state index contributed by atoms with van der Waals surface area (Å²) in [5.74, 6) is 0.112. The van der Waals surface area contributed by atoms with Gasteiger partial charge in [0.25, 0.3) is 0 Å². The van der Waals surface area contributed by atoms with Gasteiger partial charge in [-0.25, -0.2) is 0 Å². The molecule has 0 saturated heterocycles. The van der Waals surface area contributed by atoms with Gasteiger partial charge in [-0.15, -0.1) is 5.75 Å². The zero-order chi connectivity index (χ0) is 31.4. The van der Waals surface area contributed by atoms with Crippen LogP contribution in [0.3, 0.4) is 0 Å². The molecule has 4 nitrogen and oxygen atoms in total. The Morgan fingerprint density at radius 3 is 1.29 bits per heavy atom. The average Bonchev–Trinajstić information content (AvgIpc) is 3.08. The fourth-order valence-corrected chi connectivity index (χ4v) is 6.98. The molecule has 0 spiro atoms. The number of hydrogen-bond acceptors (Lipinski definition) is 4. The Labute approximate surface area is 303 Å². The summed E-state index contributed by atoms with van der Waals surface area (Å²) in [6.45, 7) is 0. The van der Waals surface area contributed by atoms with Gasteiger partial charge in [0.2, 0.25) is 0 Å². The fraction of sp³-hybridized carbons (Fsp3) is 0.0476. The molecule has 3 N–H and O–H groups in total. The Balaban J connectivity index is 0.00000201. The summed E-state index contributed by atoms with van der Waals surface area (Å²) in [4.78, 5) is 0. The molecule has 0 aliphatic rings. The second kappa shape index (κ2) is 13.4. The van der Waals surface area contributed by atoms with Gasteiger partial charge in [-0.3, -0.25) is 0 Å². The van der Waals surface area contributed by atoms with Crippen LogP contribution in [0, 0.1) is 0 Å². The quantitative estimate of drug-likeness (QED) is 0.189.